The topological polar surface area (TPSA) is 0 Å². The molecule has 0 heteroatoms. The molecule has 0 saturated carbocycles. The van der Waals surface area contributed by atoms with Crippen molar-refractivity contribution in [3.63, 3.8) is 0 Å². The number of hydrogen-bond donors (Lipinski definition) is 0. The minimum atomic E-state index is 1.19. The summed E-state index contributed by atoms with van der Waals surface area (Å²) in [5, 5.41) is 5.23. The summed E-state index contributed by atoms with van der Waals surface area (Å²) >= 11 is 0. The highest BCUT2D eigenvalue weighted by molar-refractivity contribution is 6.24. The zero-order valence-electron chi connectivity index (χ0n) is 33.9. The van der Waals surface area contributed by atoms with Crippen molar-refractivity contribution in [1.82, 2.24) is 0 Å². The van der Waals surface area contributed by atoms with Crippen molar-refractivity contribution >= 4 is 21.5 Å². The van der Waals surface area contributed by atoms with Gasteiger partial charge in [-0.2, -0.15) is 0 Å². The zero-order chi connectivity index (χ0) is 40.7. The van der Waals surface area contributed by atoms with Crippen molar-refractivity contribution in [1.29, 1.82) is 0 Å². The molecule has 0 heterocycles. The normalized spacial score (nSPS) is 11.9. The summed E-state index contributed by atoms with van der Waals surface area (Å²) in [4.78, 5) is 0. The van der Waals surface area contributed by atoms with Crippen molar-refractivity contribution < 1.29 is 0 Å². The van der Waals surface area contributed by atoms with E-state index in [4.69, 9.17) is 0 Å². The molecule has 0 radical (unpaired) electrons. The standard InChI is InChI=1S/C62H38/c1-5-17-39(18-6-1)53-37-51(57(45-21-9-3-10-22-45)61-49-31-15-27-43-25-13-29-47(55(43)49)59(53)61)41-33-35-42(36-34-41)52-38-54(40-19-7-2-8-20-40)60-48-30-14-26-44-28-16-32-50(56(44)48)62(60)58(52)46-23-11-4-12-24-46/h1-38H. The van der Waals surface area contributed by atoms with Gasteiger partial charge in [-0.25, -0.2) is 0 Å². The van der Waals surface area contributed by atoms with Gasteiger partial charge in [-0.15, -0.1) is 0 Å². The smallest absolute Gasteiger partial charge is 0.000764 e. The third-order valence-electron chi connectivity index (χ3n) is 13.3. The summed E-state index contributed by atoms with van der Waals surface area (Å²) in [5.41, 5.74) is 25.3. The quantitative estimate of drug-likeness (QED) is 0.158. The van der Waals surface area contributed by atoms with Gasteiger partial charge in [0.1, 0.15) is 0 Å². The van der Waals surface area contributed by atoms with Crippen LogP contribution in [0.2, 0.25) is 0 Å². The molecule has 0 aliphatic heterocycles. The fourth-order valence-electron chi connectivity index (χ4n) is 10.8. The van der Waals surface area contributed by atoms with Crippen LogP contribution < -0.4 is 0 Å². The molecule has 0 fully saturated rings. The molecule has 62 heavy (non-hydrogen) atoms. The van der Waals surface area contributed by atoms with Gasteiger partial charge in [-0.1, -0.05) is 218 Å². The van der Waals surface area contributed by atoms with Crippen LogP contribution in [-0.4, -0.2) is 0 Å². The first-order valence-corrected chi connectivity index (χ1v) is 21.6. The van der Waals surface area contributed by atoms with Gasteiger partial charge in [0.25, 0.3) is 0 Å². The van der Waals surface area contributed by atoms with Gasteiger partial charge >= 0.3 is 0 Å². The Morgan fingerprint density at radius 2 is 0.435 bits per heavy atom. The van der Waals surface area contributed by atoms with Gasteiger partial charge < -0.3 is 0 Å². The molecule has 0 nitrogen and oxygen atoms in total. The van der Waals surface area contributed by atoms with E-state index in [1.807, 2.05) is 0 Å². The summed E-state index contributed by atoms with van der Waals surface area (Å²) in [6, 6.07) is 85.5. The molecule has 11 aromatic rings. The molecule has 2 aliphatic carbocycles. The van der Waals surface area contributed by atoms with E-state index in [0.29, 0.717) is 0 Å². The molecule has 0 aromatic heterocycles. The van der Waals surface area contributed by atoms with Crippen LogP contribution in [-0.2, 0) is 0 Å². The summed E-state index contributed by atoms with van der Waals surface area (Å²) in [6.07, 6.45) is 0. The Labute approximate surface area is 361 Å². The van der Waals surface area contributed by atoms with Crippen LogP contribution in [0, 0.1) is 0 Å². The first-order valence-electron chi connectivity index (χ1n) is 21.6. The zero-order valence-corrected chi connectivity index (χ0v) is 33.9. The third kappa shape index (κ3) is 5.14. The molecule has 11 aromatic carbocycles. The summed E-state index contributed by atoms with van der Waals surface area (Å²) < 4.78 is 0. The van der Waals surface area contributed by atoms with Crippen molar-refractivity contribution in [3.05, 3.63) is 231 Å². The number of benzene rings is 11. The highest BCUT2D eigenvalue weighted by Gasteiger charge is 2.32. The SMILES string of the molecule is c1ccc(-c2cc(-c3ccc(-c4cc(-c5ccccc5)c5c(c4-c4ccccc4)-c4cccc6cccc-5c46)cc3)c(-c3ccccc3)c3c2-c2cccc4cccc-3c24)cc1. The van der Waals surface area contributed by atoms with Gasteiger partial charge in [0.15, 0.2) is 0 Å². The molecule has 0 amide bonds. The van der Waals surface area contributed by atoms with E-state index in [0.717, 1.165) is 0 Å². The fraction of sp³-hybridized carbons (Fsp3) is 0. The molecule has 0 saturated heterocycles. The Kier molecular flexibility index (Phi) is 7.71. The highest BCUT2D eigenvalue weighted by atomic mass is 14.3. The minimum absolute atomic E-state index is 1.19. The van der Waals surface area contributed by atoms with Crippen molar-refractivity contribution in [2.24, 2.45) is 0 Å². The molecule has 0 bridgehead atoms. The van der Waals surface area contributed by atoms with E-state index in [9.17, 15) is 0 Å². The van der Waals surface area contributed by atoms with E-state index in [1.165, 1.54) is 133 Å². The predicted octanol–water partition coefficient (Wildman–Crippen LogP) is 17.3. The average molecular weight is 783 g/mol. The van der Waals surface area contributed by atoms with Gasteiger partial charge in [0.05, 0.1) is 0 Å². The van der Waals surface area contributed by atoms with E-state index in [-0.39, 0.29) is 0 Å². The molecule has 0 atom stereocenters. The Bertz CT molecular complexity index is 3310. The molecule has 0 spiro atoms. The van der Waals surface area contributed by atoms with Gasteiger partial charge in [0, 0.05) is 0 Å². The molecule has 0 unspecified atom stereocenters. The minimum Gasteiger partial charge on any atom is -0.0622 e. The van der Waals surface area contributed by atoms with Crippen LogP contribution in [0.4, 0.5) is 0 Å². The molecule has 2 aliphatic rings. The first-order chi connectivity index (χ1) is 30.8. The summed E-state index contributed by atoms with van der Waals surface area (Å²) in [6.45, 7) is 0. The fourth-order valence-corrected chi connectivity index (χ4v) is 10.8. The van der Waals surface area contributed by atoms with E-state index in [2.05, 4.69) is 231 Å². The second-order valence-corrected chi connectivity index (χ2v) is 16.7. The molecular weight excluding hydrogens is 745 g/mol. The van der Waals surface area contributed by atoms with Crippen LogP contribution in [0.15, 0.2) is 231 Å². The average Bonchev–Trinajstić information content (AvgIpc) is 3.87. The molecule has 286 valence electrons. The Morgan fingerprint density at radius 1 is 0.161 bits per heavy atom. The maximum Gasteiger partial charge on any atom is -0.000764 e. The highest BCUT2D eigenvalue weighted by Crippen LogP contribution is 2.59. The lowest BCUT2D eigenvalue weighted by molar-refractivity contribution is 1.54. The Balaban J connectivity index is 1.08. The lowest BCUT2D eigenvalue weighted by atomic mass is 9.81. The lowest BCUT2D eigenvalue weighted by Gasteiger charge is -2.22. The van der Waals surface area contributed by atoms with Crippen molar-refractivity contribution in [3.8, 4) is 111 Å². The summed E-state index contributed by atoms with van der Waals surface area (Å²) in [5.74, 6) is 0. The van der Waals surface area contributed by atoms with Crippen LogP contribution in [0.5, 0.6) is 0 Å². The second-order valence-electron chi connectivity index (χ2n) is 16.7. The van der Waals surface area contributed by atoms with Crippen LogP contribution in [0.3, 0.4) is 0 Å². The van der Waals surface area contributed by atoms with Crippen molar-refractivity contribution in [2.45, 2.75) is 0 Å². The first kappa shape index (κ1) is 34.8. The number of hydrogen-bond acceptors (Lipinski definition) is 0. The maximum absolute atomic E-state index is 2.46. The predicted molar refractivity (Wildman–Crippen MR) is 263 cm³/mol. The monoisotopic (exact) mass is 782 g/mol. The van der Waals surface area contributed by atoms with Crippen molar-refractivity contribution in [2.75, 3.05) is 0 Å². The summed E-state index contributed by atoms with van der Waals surface area (Å²) in [7, 11) is 0. The van der Waals surface area contributed by atoms with Crippen LogP contribution in [0.25, 0.3) is 133 Å². The van der Waals surface area contributed by atoms with Crippen LogP contribution in [0.1, 0.15) is 0 Å². The molecular formula is C62H38. The van der Waals surface area contributed by atoms with Gasteiger partial charge in [0.2, 0.25) is 0 Å². The van der Waals surface area contributed by atoms with E-state index in [1.54, 1.807) is 0 Å². The van der Waals surface area contributed by atoms with E-state index < -0.39 is 0 Å². The number of fused-ring (bicyclic) bond motifs is 6. The largest absolute Gasteiger partial charge is 0.0622 e. The van der Waals surface area contributed by atoms with Gasteiger partial charge in [-0.05, 0) is 145 Å². The Morgan fingerprint density at radius 3 is 0.774 bits per heavy atom. The second kappa shape index (κ2) is 13.7. The lowest BCUT2D eigenvalue weighted by Crippen LogP contribution is -1.96. The third-order valence-corrected chi connectivity index (χ3v) is 13.3. The molecule has 0 N–H and O–H groups in total. The van der Waals surface area contributed by atoms with E-state index >= 15 is 0 Å². The number of rotatable bonds is 6. The molecule has 13 rings (SSSR count). The maximum atomic E-state index is 2.46. The Hall–Kier alpha value is -8.06. The van der Waals surface area contributed by atoms with Crippen LogP contribution >= 0.6 is 0 Å². The van der Waals surface area contributed by atoms with Gasteiger partial charge in [-0.3, -0.25) is 0 Å².